The summed E-state index contributed by atoms with van der Waals surface area (Å²) in [4.78, 5) is 19.6. The molecule has 0 saturated heterocycles. The zero-order valence-electron chi connectivity index (χ0n) is 10.4. The third kappa shape index (κ3) is 2.85. The zero-order valence-corrected chi connectivity index (χ0v) is 12.1. The first kappa shape index (κ1) is 13.8. The van der Waals surface area contributed by atoms with Crippen LogP contribution in [0.3, 0.4) is 0 Å². The molecule has 100 valence electrons. The number of aliphatic imine (C=N–C) groups is 1. The monoisotopic (exact) mass is 293 g/mol. The van der Waals surface area contributed by atoms with Gasteiger partial charge >= 0.3 is 0 Å². The SMILES string of the molecule is C=CSC(Cn1c(=S)[nH]c2ccccc2c1=O)=NC.[HH]. The summed E-state index contributed by atoms with van der Waals surface area (Å²) >= 11 is 6.62. The fraction of sp³-hybridized carbons (Fsp3) is 0.154. The van der Waals surface area contributed by atoms with Crippen LogP contribution in [0.4, 0.5) is 0 Å². The van der Waals surface area contributed by atoms with Gasteiger partial charge in [-0.3, -0.25) is 14.4 Å². The number of thioether (sulfide) groups is 1. The van der Waals surface area contributed by atoms with Gasteiger partial charge in [0.25, 0.3) is 5.56 Å². The summed E-state index contributed by atoms with van der Waals surface area (Å²) in [6, 6.07) is 7.31. The van der Waals surface area contributed by atoms with Crippen LogP contribution in [-0.2, 0) is 6.54 Å². The van der Waals surface area contributed by atoms with Crippen LogP contribution in [0.15, 0.2) is 46.0 Å². The van der Waals surface area contributed by atoms with Crippen molar-refractivity contribution in [2.75, 3.05) is 7.05 Å². The van der Waals surface area contributed by atoms with Crippen LogP contribution in [0.1, 0.15) is 1.43 Å². The molecule has 6 heteroatoms. The van der Waals surface area contributed by atoms with Gasteiger partial charge in [0, 0.05) is 8.47 Å². The Morgan fingerprint density at radius 1 is 1.63 bits per heavy atom. The van der Waals surface area contributed by atoms with E-state index in [1.807, 2.05) is 18.2 Å². The standard InChI is InChI=1S/C13H13N3OS2.H2/c1-3-19-11(14-2)8-16-12(17)9-6-4-5-7-10(9)15-13(16)18;/h3-7H,1,8H2,2H3,(H,15,18);1H. The van der Waals surface area contributed by atoms with Crippen molar-refractivity contribution in [2.24, 2.45) is 4.99 Å². The number of nitrogens with one attached hydrogen (secondary N) is 1. The molecule has 0 atom stereocenters. The van der Waals surface area contributed by atoms with Gasteiger partial charge in [-0.25, -0.2) is 0 Å². The van der Waals surface area contributed by atoms with Crippen LogP contribution in [0.5, 0.6) is 0 Å². The Morgan fingerprint density at radius 2 is 2.37 bits per heavy atom. The van der Waals surface area contributed by atoms with Crippen LogP contribution in [-0.4, -0.2) is 21.6 Å². The maximum atomic E-state index is 12.4. The molecule has 1 N–H and O–H groups in total. The van der Waals surface area contributed by atoms with Gasteiger partial charge in [-0.1, -0.05) is 30.5 Å². The second-order valence-electron chi connectivity index (χ2n) is 3.77. The van der Waals surface area contributed by atoms with E-state index in [9.17, 15) is 4.79 Å². The van der Waals surface area contributed by atoms with E-state index >= 15 is 0 Å². The second kappa shape index (κ2) is 5.99. The Labute approximate surface area is 121 Å². The molecule has 0 fully saturated rings. The number of hydrogen-bond donors (Lipinski definition) is 1. The molecule has 4 nitrogen and oxygen atoms in total. The number of nitrogens with zero attached hydrogens (tertiary/aromatic N) is 2. The lowest BCUT2D eigenvalue weighted by molar-refractivity contribution is 0.781. The summed E-state index contributed by atoms with van der Waals surface area (Å²) < 4.78 is 1.91. The molecule has 0 saturated carbocycles. The highest BCUT2D eigenvalue weighted by Crippen LogP contribution is 2.09. The van der Waals surface area contributed by atoms with Crippen molar-refractivity contribution in [1.82, 2.24) is 9.55 Å². The average molecular weight is 293 g/mol. The number of aromatic nitrogens is 2. The molecule has 0 amide bonds. The largest absolute Gasteiger partial charge is 0.332 e. The highest BCUT2D eigenvalue weighted by Gasteiger charge is 2.07. The van der Waals surface area contributed by atoms with Gasteiger partial charge in [-0.15, -0.1) is 0 Å². The first-order valence-electron chi connectivity index (χ1n) is 5.62. The van der Waals surface area contributed by atoms with Crippen LogP contribution < -0.4 is 5.56 Å². The minimum Gasteiger partial charge on any atom is -0.332 e. The van der Waals surface area contributed by atoms with Gasteiger partial charge in [0.15, 0.2) is 4.77 Å². The molecular weight excluding hydrogens is 278 g/mol. The molecule has 0 unspecified atom stereocenters. The molecule has 19 heavy (non-hydrogen) atoms. The van der Waals surface area contributed by atoms with Crippen LogP contribution >= 0.6 is 24.0 Å². The van der Waals surface area contributed by atoms with Gasteiger partial charge < -0.3 is 4.98 Å². The lowest BCUT2D eigenvalue weighted by Crippen LogP contribution is -2.25. The maximum Gasteiger partial charge on any atom is 0.262 e. The van der Waals surface area contributed by atoms with E-state index in [-0.39, 0.29) is 6.99 Å². The first-order chi connectivity index (χ1) is 9.17. The molecule has 2 rings (SSSR count). The number of H-pyrrole nitrogens is 1. The predicted molar refractivity (Wildman–Crippen MR) is 86.7 cm³/mol. The Bertz CT molecular complexity index is 764. The molecule has 0 spiro atoms. The highest BCUT2D eigenvalue weighted by molar-refractivity contribution is 8.16. The van der Waals surface area contributed by atoms with Gasteiger partial charge in [0.1, 0.15) is 0 Å². The number of fused-ring (bicyclic) bond motifs is 1. The molecule has 1 aromatic heterocycles. The fourth-order valence-electron chi connectivity index (χ4n) is 1.73. The van der Waals surface area contributed by atoms with E-state index in [1.54, 1.807) is 18.5 Å². The predicted octanol–water partition coefficient (Wildman–Crippen LogP) is 3.21. The van der Waals surface area contributed by atoms with Crippen molar-refractivity contribution in [2.45, 2.75) is 6.54 Å². The lowest BCUT2D eigenvalue weighted by atomic mass is 10.2. The van der Waals surface area contributed by atoms with Crippen molar-refractivity contribution in [3.63, 3.8) is 0 Å². The van der Waals surface area contributed by atoms with E-state index < -0.39 is 0 Å². The van der Waals surface area contributed by atoms with Crippen molar-refractivity contribution in [1.29, 1.82) is 0 Å². The van der Waals surface area contributed by atoms with E-state index in [0.717, 1.165) is 10.6 Å². The van der Waals surface area contributed by atoms with E-state index in [2.05, 4.69) is 16.6 Å². The Kier molecular flexibility index (Phi) is 4.34. The first-order valence-corrected chi connectivity index (χ1v) is 6.91. The molecule has 0 bridgehead atoms. The quantitative estimate of drug-likeness (QED) is 0.537. The minimum atomic E-state index is -0.106. The van der Waals surface area contributed by atoms with Gasteiger partial charge in [-0.05, 0) is 29.8 Å². The van der Waals surface area contributed by atoms with Gasteiger partial charge in [-0.2, -0.15) is 0 Å². The summed E-state index contributed by atoms with van der Waals surface area (Å²) in [6.07, 6.45) is 0. The zero-order chi connectivity index (χ0) is 13.8. The molecule has 1 aromatic carbocycles. The smallest absolute Gasteiger partial charge is 0.262 e. The lowest BCUT2D eigenvalue weighted by Gasteiger charge is -2.08. The summed E-state index contributed by atoms with van der Waals surface area (Å²) in [6.45, 7) is 4.00. The van der Waals surface area contributed by atoms with Crippen molar-refractivity contribution in [3.05, 3.63) is 51.4 Å². The van der Waals surface area contributed by atoms with Crippen LogP contribution in [0.25, 0.3) is 10.9 Å². The molecule has 1 heterocycles. The molecular formula is C13H15N3OS2. The third-order valence-electron chi connectivity index (χ3n) is 2.65. The second-order valence-corrected chi connectivity index (χ2v) is 5.20. The maximum absolute atomic E-state index is 12.4. The summed E-state index contributed by atoms with van der Waals surface area (Å²) in [5.74, 6) is 0. The highest BCUT2D eigenvalue weighted by atomic mass is 32.2. The van der Waals surface area contributed by atoms with Crippen LogP contribution in [0, 0.1) is 4.77 Å². The molecule has 0 aliphatic rings. The molecule has 0 aliphatic heterocycles. The number of aromatic amines is 1. The van der Waals surface area contributed by atoms with Crippen molar-refractivity contribution < 1.29 is 1.43 Å². The Morgan fingerprint density at radius 3 is 3.05 bits per heavy atom. The number of benzene rings is 1. The molecule has 0 aliphatic carbocycles. The summed E-state index contributed by atoms with van der Waals surface area (Å²) in [5, 5.41) is 3.09. The van der Waals surface area contributed by atoms with Gasteiger partial charge in [0.2, 0.25) is 0 Å². The third-order valence-corrected chi connectivity index (χ3v) is 3.72. The topological polar surface area (TPSA) is 50.1 Å². The average Bonchev–Trinajstić information content (AvgIpc) is 2.42. The number of hydrogen-bond acceptors (Lipinski definition) is 4. The number of para-hydroxylation sites is 1. The normalized spacial score (nSPS) is 11.7. The molecule has 0 radical (unpaired) electrons. The molecule has 2 aromatic rings. The summed E-state index contributed by atoms with van der Waals surface area (Å²) in [5.41, 5.74) is 0.644. The Hall–Kier alpha value is -1.66. The summed E-state index contributed by atoms with van der Waals surface area (Å²) in [7, 11) is 1.69. The van der Waals surface area contributed by atoms with Crippen molar-refractivity contribution in [3.8, 4) is 0 Å². The van der Waals surface area contributed by atoms with E-state index in [0.29, 0.717) is 16.7 Å². The van der Waals surface area contributed by atoms with E-state index in [4.69, 9.17) is 12.2 Å². The van der Waals surface area contributed by atoms with Crippen molar-refractivity contribution >= 4 is 39.9 Å². The Balaban J connectivity index is 0.00000200. The van der Waals surface area contributed by atoms with E-state index in [1.165, 1.54) is 16.3 Å². The van der Waals surface area contributed by atoms with Gasteiger partial charge in [0.05, 0.1) is 22.5 Å². The fourth-order valence-corrected chi connectivity index (χ4v) is 2.49. The minimum absolute atomic E-state index is 0. The van der Waals surface area contributed by atoms with Crippen LogP contribution in [0.2, 0.25) is 0 Å². The number of rotatable bonds is 3.